The second kappa shape index (κ2) is 7.11. The molecule has 7 nitrogen and oxygen atoms in total. The van der Waals surface area contributed by atoms with Crippen molar-refractivity contribution < 1.29 is 23.5 Å². The summed E-state index contributed by atoms with van der Waals surface area (Å²) in [5.41, 5.74) is 0.704. The molecule has 1 unspecified atom stereocenters. The molecule has 0 fully saturated rings. The number of hydrogen-bond donors (Lipinski definition) is 2. The van der Waals surface area contributed by atoms with Crippen LogP contribution in [0.5, 0.6) is 11.5 Å². The molecule has 1 aromatic heterocycles. The number of amides is 2. The lowest BCUT2D eigenvalue weighted by Gasteiger charge is -2.26. The minimum absolute atomic E-state index is 0.172. The SMILES string of the molecule is CC(NC(=O)c1ccco1)C(=O)NCC(C)(C)c1ccc2c(c1)OCO2. The summed E-state index contributed by atoms with van der Waals surface area (Å²) in [4.78, 5) is 24.3. The number of fused-ring (bicyclic) bond motifs is 1. The lowest BCUT2D eigenvalue weighted by molar-refractivity contribution is -0.122. The quantitative estimate of drug-likeness (QED) is 0.826. The highest BCUT2D eigenvalue weighted by atomic mass is 16.7. The van der Waals surface area contributed by atoms with E-state index in [-0.39, 0.29) is 23.9 Å². The van der Waals surface area contributed by atoms with Gasteiger partial charge in [0.15, 0.2) is 17.3 Å². The molecule has 0 radical (unpaired) electrons. The third-order valence-electron chi connectivity index (χ3n) is 4.34. The van der Waals surface area contributed by atoms with Crippen molar-refractivity contribution >= 4 is 11.8 Å². The van der Waals surface area contributed by atoms with Crippen LogP contribution in [-0.4, -0.2) is 31.2 Å². The van der Waals surface area contributed by atoms with E-state index in [1.54, 1.807) is 19.1 Å². The summed E-state index contributed by atoms with van der Waals surface area (Å²) in [6, 6.07) is 8.24. The van der Waals surface area contributed by atoms with Crippen LogP contribution in [0.1, 0.15) is 36.9 Å². The van der Waals surface area contributed by atoms with Crippen LogP contribution in [-0.2, 0) is 10.2 Å². The third kappa shape index (κ3) is 3.82. The molecule has 0 spiro atoms. The number of hydrogen-bond acceptors (Lipinski definition) is 5. The van der Waals surface area contributed by atoms with E-state index >= 15 is 0 Å². The second-order valence-electron chi connectivity index (χ2n) is 6.84. The number of carbonyl (C=O) groups excluding carboxylic acids is 2. The number of furan rings is 1. The van der Waals surface area contributed by atoms with Crippen LogP contribution < -0.4 is 20.1 Å². The van der Waals surface area contributed by atoms with Crippen molar-refractivity contribution in [1.29, 1.82) is 0 Å². The molecule has 1 aromatic carbocycles. The molecule has 0 aliphatic carbocycles. The first-order chi connectivity index (χ1) is 12.4. The molecule has 2 aromatic rings. The molecule has 0 saturated heterocycles. The van der Waals surface area contributed by atoms with Gasteiger partial charge in [-0.25, -0.2) is 0 Å². The van der Waals surface area contributed by atoms with Gasteiger partial charge in [0.25, 0.3) is 5.91 Å². The molecule has 0 bridgehead atoms. The zero-order valence-corrected chi connectivity index (χ0v) is 15.0. The van der Waals surface area contributed by atoms with Gasteiger partial charge in [0, 0.05) is 12.0 Å². The maximum absolute atomic E-state index is 12.3. The van der Waals surface area contributed by atoms with Crippen molar-refractivity contribution in [3.63, 3.8) is 0 Å². The first-order valence-corrected chi connectivity index (χ1v) is 8.39. The first-order valence-electron chi connectivity index (χ1n) is 8.39. The van der Waals surface area contributed by atoms with Crippen molar-refractivity contribution in [3.05, 3.63) is 47.9 Å². The highest BCUT2D eigenvalue weighted by Crippen LogP contribution is 2.36. The van der Waals surface area contributed by atoms with Crippen molar-refractivity contribution in [2.75, 3.05) is 13.3 Å². The van der Waals surface area contributed by atoms with E-state index in [0.717, 1.165) is 11.3 Å². The van der Waals surface area contributed by atoms with Gasteiger partial charge in [0.2, 0.25) is 12.7 Å². The molecule has 3 rings (SSSR count). The minimum atomic E-state index is -0.680. The Kier molecular flexibility index (Phi) is 4.88. The predicted molar refractivity (Wildman–Crippen MR) is 94.2 cm³/mol. The number of ether oxygens (including phenoxy) is 2. The smallest absolute Gasteiger partial charge is 0.287 e. The fourth-order valence-corrected chi connectivity index (χ4v) is 2.62. The Balaban J connectivity index is 1.56. The fourth-order valence-electron chi connectivity index (χ4n) is 2.62. The number of nitrogens with one attached hydrogen (secondary N) is 2. The van der Waals surface area contributed by atoms with E-state index in [4.69, 9.17) is 13.9 Å². The Hall–Kier alpha value is -2.96. The van der Waals surface area contributed by atoms with Gasteiger partial charge < -0.3 is 24.5 Å². The largest absolute Gasteiger partial charge is 0.459 e. The number of carbonyl (C=O) groups is 2. The Morgan fingerprint density at radius 1 is 1.19 bits per heavy atom. The number of rotatable bonds is 6. The van der Waals surface area contributed by atoms with E-state index in [0.29, 0.717) is 12.3 Å². The Labute approximate surface area is 151 Å². The molecule has 1 aliphatic rings. The summed E-state index contributed by atoms with van der Waals surface area (Å²) < 4.78 is 15.8. The molecule has 2 N–H and O–H groups in total. The standard InChI is InChI=1S/C19H22N2O5/c1-12(21-18(23)15-5-4-8-24-15)17(22)20-10-19(2,3)13-6-7-14-16(9-13)26-11-25-14/h4-9,12H,10-11H2,1-3H3,(H,20,22)(H,21,23). The summed E-state index contributed by atoms with van der Waals surface area (Å²) in [5, 5.41) is 5.49. The van der Waals surface area contributed by atoms with Gasteiger partial charge in [0.1, 0.15) is 6.04 Å². The van der Waals surface area contributed by atoms with Crippen LogP contribution in [0.25, 0.3) is 0 Å². The topological polar surface area (TPSA) is 89.8 Å². The maximum Gasteiger partial charge on any atom is 0.287 e. The van der Waals surface area contributed by atoms with Crippen molar-refractivity contribution in [2.45, 2.75) is 32.2 Å². The molecule has 26 heavy (non-hydrogen) atoms. The van der Waals surface area contributed by atoms with Gasteiger partial charge in [-0.05, 0) is 36.8 Å². The maximum atomic E-state index is 12.3. The van der Waals surface area contributed by atoms with Crippen LogP contribution in [0.2, 0.25) is 0 Å². The molecular formula is C19H22N2O5. The van der Waals surface area contributed by atoms with E-state index in [1.807, 2.05) is 32.0 Å². The van der Waals surface area contributed by atoms with Crippen LogP contribution in [0.4, 0.5) is 0 Å². The van der Waals surface area contributed by atoms with E-state index in [9.17, 15) is 9.59 Å². The average molecular weight is 358 g/mol. The van der Waals surface area contributed by atoms with Crippen molar-refractivity contribution in [3.8, 4) is 11.5 Å². The zero-order chi connectivity index (χ0) is 18.7. The lowest BCUT2D eigenvalue weighted by atomic mass is 9.84. The number of benzene rings is 1. The molecule has 1 atom stereocenters. The normalized spacial score (nSPS) is 14.0. The first kappa shape index (κ1) is 17.8. The molecule has 0 saturated carbocycles. The highest BCUT2D eigenvalue weighted by molar-refractivity contribution is 5.95. The van der Waals surface area contributed by atoms with Crippen molar-refractivity contribution in [2.24, 2.45) is 0 Å². The van der Waals surface area contributed by atoms with Gasteiger partial charge in [-0.1, -0.05) is 19.9 Å². The summed E-state index contributed by atoms with van der Waals surface area (Å²) >= 11 is 0. The van der Waals surface area contributed by atoms with Gasteiger partial charge in [-0.15, -0.1) is 0 Å². The van der Waals surface area contributed by atoms with E-state index in [1.165, 1.54) is 6.26 Å². The molecule has 138 valence electrons. The van der Waals surface area contributed by atoms with Gasteiger partial charge >= 0.3 is 0 Å². The average Bonchev–Trinajstić information content (AvgIpc) is 3.30. The Morgan fingerprint density at radius 3 is 2.69 bits per heavy atom. The minimum Gasteiger partial charge on any atom is -0.459 e. The summed E-state index contributed by atoms with van der Waals surface area (Å²) in [6.45, 7) is 6.31. The molecule has 2 amide bonds. The van der Waals surface area contributed by atoms with Gasteiger partial charge in [-0.3, -0.25) is 9.59 Å². The lowest BCUT2D eigenvalue weighted by Crippen LogP contribution is -2.47. The summed E-state index contributed by atoms with van der Waals surface area (Å²) in [5.74, 6) is 0.917. The fraction of sp³-hybridized carbons (Fsp3) is 0.368. The summed E-state index contributed by atoms with van der Waals surface area (Å²) in [7, 11) is 0. The predicted octanol–water partition coefficient (Wildman–Crippen LogP) is 2.22. The second-order valence-corrected chi connectivity index (χ2v) is 6.84. The van der Waals surface area contributed by atoms with Gasteiger partial charge in [-0.2, -0.15) is 0 Å². The van der Waals surface area contributed by atoms with Crippen LogP contribution >= 0.6 is 0 Å². The molecular weight excluding hydrogens is 336 g/mol. The van der Waals surface area contributed by atoms with E-state index in [2.05, 4.69) is 10.6 Å². The molecule has 1 aliphatic heterocycles. The van der Waals surface area contributed by atoms with Crippen molar-refractivity contribution in [1.82, 2.24) is 10.6 Å². The van der Waals surface area contributed by atoms with E-state index < -0.39 is 11.9 Å². The van der Waals surface area contributed by atoms with Gasteiger partial charge in [0.05, 0.1) is 6.26 Å². The van der Waals surface area contributed by atoms with Crippen LogP contribution in [0, 0.1) is 0 Å². The molecule has 2 heterocycles. The third-order valence-corrected chi connectivity index (χ3v) is 4.34. The monoisotopic (exact) mass is 358 g/mol. The molecule has 7 heteroatoms. The van der Waals surface area contributed by atoms with Crippen LogP contribution in [0.15, 0.2) is 41.0 Å². The van der Waals surface area contributed by atoms with Crippen LogP contribution in [0.3, 0.4) is 0 Å². The Bertz CT molecular complexity index is 798. The summed E-state index contributed by atoms with van der Waals surface area (Å²) in [6.07, 6.45) is 1.41. The Morgan fingerprint density at radius 2 is 1.96 bits per heavy atom. The zero-order valence-electron chi connectivity index (χ0n) is 15.0. The highest BCUT2D eigenvalue weighted by Gasteiger charge is 2.26.